The number of aliphatic imine (C=N–C) groups is 2. The van der Waals surface area contributed by atoms with Crippen LogP contribution in [0, 0.1) is 0 Å². The third-order valence-corrected chi connectivity index (χ3v) is 3.66. The van der Waals surface area contributed by atoms with Gasteiger partial charge in [-0.25, -0.2) is 0 Å². The predicted molar refractivity (Wildman–Crippen MR) is 121 cm³/mol. The van der Waals surface area contributed by atoms with E-state index in [1.807, 2.05) is 50.2 Å². The van der Waals surface area contributed by atoms with Gasteiger partial charge in [-0.2, -0.15) is 10.2 Å². The van der Waals surface area contributed by atoms with Crippen molar-refractivity contribution in [1.82, 2.24) is 20.8 Å². The number of nitrogens with one attached hydrogen (secondary N) is 2. The molecule has 0 aliphatic carbocycles. The molecule has 2 aromatic rings. The molecule has 0 amide bonds. The summed E-state index contributed by atoms with van der Waals surface area (Å²) in [7, 11) is 3.22. The molecular weight excluding hydrogens is 447 g/mol. The summed E-state index contributed by atoms with van der Waals surface area (Å²) >= 11 is 9.64. The fourth-order valence-corrected chi connectivity index (χ4v) is 1.72. The third kappa shape index (κ3) is 11.2. The van der Waals surface area contributed by atoms with E-state index in [1.165, 1.54) is 0 Å². The van der Waals surface area contributed by atoms with Gasteiger partial charge in [-0.3, -0.25) is 30.8 Å². The SMILES string of the molecule is CN=C([S-])N/N=C(\C)c1ccccn1.CN=C([S-])N/N=C(\C)c1ccccn1.[Mn+2]. The van der Waals surface area contributed by atoms with Crippen LogP contribution in [0.2, 0.25) is 0 Å². The van der Waals surface area contributed by atoms with Gasteiger partial charge in [-0.05, 0) is 48.4 Å². The van der Waals surface area contributed by atoms with E-state index in [0.29, 0.717) is 10.3 Å². The van der Waals surface area contributed by atoms with Crippen LogP contribution < -0.4 is 10.9 Å². The molecule has 0 aliphatic heterocycles. The summed E-state index contributed by atoms with van der Waals surface area (Å²) < 4.78 is 0. The van der Waals surface area contributed by atoms with Gasteiger partial charge in [0, 0.05) is 26.5 Å². The second kappa shape index (κ2) is 15.5. The Hall–Kier alpha value is -2.46. The van der Waals surface area contributed by atoms with Crippen molar-refractivity contribution in [1.29, 1.82) is 0 Å². The molecule has 11 heteroatoms. The van der Waals surface area contributed by atoms with Crippen molar-refractivity contribution < 1.29 is 17.1 Å². The molecule has 0 aromatic carbocycles. The van der Waals surface area contributed by atoms with Crippen molar-refractivity contribution in [3.05, 3.63) is 60.2 Å². The Balaban J connectivity index is 0.000000523. The maximum absolute atomic E-state index is 4.82. The van der Waals surface area contributed by atoms with Crippen molar-refractivity contribution in [3.63, 3.8) is 0 Å². The van der Waals surface area contributed by atoms with Crippen LogP contribution in [-0.2, 0) is 42.3 Å². The molecule has 0 saturated carbocycles. The Morgan fingerprint density at radius 2 is 1.14 bits per heavy atom. The average Bonchev–Trinajstić information content (AvgIpc) is 2.76. The first-order valence-corrected chi connectivity index (χ1v) is 9.00. The molecular formula is C18H22MnN8S2. The van der Waals surface area contributed by atoms with Gasteiger partial charge >= 0.3 is 17.1 Å². The Kier molecular flexibility index (Phi) is 14.1. The van der Waals surface area contributed by atoms with Crippen molar-refractivity contribution >= 4 is 47.0 Å². The molecule has 8 nitrogen and oxygen atoms in total. The minimum atomic E-state index is 0. The number of rotatable bonds is 4. The largest absolute Gasteiger partial charge is 2.00 e. The maximum atomic E-state index is 4.82. The zero-order valence-corrected chi connectivity index (χ0v) is 19.3. The molecule has 2 N–H and O–H groups in total. The smallest absolute Gasteiger partial charge is 0.741 e. The molecule has 0 aliphatic rings. The standard InChI is InChI=1S/2C9H12N4S.Mn/c2*1-7(12-13-9(14)10-2)8-5-3-4-6-11-8;/h2*3-6H,1-2H3,(H2,10,13,14);/q;;+2/p-2/b2*12-7+;. The summed E-state index contributed by atoms with van der Waals surface area (Å²) in [6.45, 7) is 3.71. The molecule has 0 spiro atoms. The Bertz CT molecular complexity index is 768. The van der Waals surface area contributed by atoms with E-state index >= 15 is 0 Å². The van der Waals surface area contributed by atoms with Crippen molar-refractivity contribution in [2.75, 3.05) is 14.1 Å². The first kappa shape index (κ1) is 26.5. The zero-order chi connectivity index (χ0) is 20.8. The van der Waals surface area contributed by atoms with Crippen LogP contribution >= 0.6 is 0 Å². The van der Waals surface area contributed by atoms with Crippen LogP contribution in [0.5, 0.6) is 0 Å². The van der Waals surface area contributed by atoms with Gasteiger partial charge in [0.15, 0.2) is 0 Å². The third-order valence-electron chi connectivity index (χ3n) is 3.12. The second-order valence-corrected chi connectivity index (χ2v) is 5.88. The minimum absolute atomic E-state index is 0. The number of pyridine rings is 2. The number of hydrazone groups is 2. The van der Waals surface area contributed by atoms with E-state index in [-0.39, 0.29) is 17.1 Å². The fourth-order valence-electron chi connectivity index (χ4n) is 1.63. The summed E-state index contributed by atoms with van der Waals surface area (Å²) in [4.78, 5) is 15.8. The molecule has 29 heavy (non-hydrogen) atoms. The van der Waals surface area contributed by atoms with E-state index in [9.17, 15) is 0 Å². The van der Waals surface area contributed by atoms with Crippen molar-refractivity contribution in [3.8, 4) is 0 Å². The molecule has 0 bridgehead atoms. The topological polar surface area (TPSA) is 99.3 Å². The molecule has 2 aromatic heterocycles. The number of aromatic nitrogens is 2. The number of hydrogen-bond donors (Lipinski definition) is 2. The first-order valence-electron chi connectivity index (χ1n) is 8.19. The van der Waals surface area contributed by atoms with E-state index in [1.54, 1.807) is 26.5 Å². The van der Waals surface area contributed by atoms with Gasteiger partial charge in [0.2, 0.25) is 0 Å². The van der Waals surface area contributed by atoms with E-state index in [0.717, 1.165) is 22.8 Å². The molecule has 2 heterocycles. The normalized spacial score (nSPS) is 12.3. The number of amidine groups is 2. The van der Waals surface area contributed by atoms with Crippen LogP contribution in [-0.4, -0.2) is 45.8 Å². The van der Waals surface area contributed by atoms with Crippen molar-refractivity contribution in [2.45, 2.75) is 13.8 Å². The van der Waals surface area contributed by atoms with Gasteiger partial charge in [-0.1, -0.05) is 12.1 Å². The van der Waals surface area contributed by atoms with E-state index in [2.05, 4.69) is 41.0 Å². The Morgan fingerprint density at radius 1 is 0.759 bits per heavy atom. The van der Waals surface area contributed by atoms with Crippen molar-refractivity contribution in [2.24, 2.45) is 20.2 Å². The average molecular weight is 470 g/mol. The molecule has 0 saturated heterocycles. The monoisotopic (exact) mass is 469 g/mol. The molecule has 153 valence electrons. The van der Waals surface area contributed by atoms with E-state index in [4.69, 9.17) is 25.3 Å². The molecule has 0 atom stereocenters. The number of hydrogen-bond acceptors (Lipinski definition) is 8. The second-order valence-electron chi connectivity index (χ2n) is 5.11. The summed E-state index contributed by atoms with van der Waals surface area (Å²) in [5.41, 5.74) is 8.47. The van der Waals surface area contributed by atoms with Gasteiger partial charge < -0.3 is 25.3 Å². The molecule has 1 radical (unpaired) electrons. The van der Waals surface area contributed by atoms with Gasteiger partial charge in [0.05, 0.1) is 22.8 Å². The summed E-state index contributed by atoms with van der Waals surface area (Å²) in [5, 5.41) is 8.79. The maximum Gasteiger partial charge on any atom is 2.00 e. The van der Waals surface area contributed by atoms with Crippen LogP contribution in [0.3, 0.4) is 0 Å². The summed E-state index contributed by atoms with van der Waals surface area (Å²) in [5.74, 6) is 0. The Labute approximate surface area is 192 Å². The summed E-state index contributed by atoms with van der Waals surface area (Å²) in [6, 6.07) is 11.3. The predicted octanol–water partition coefficient (Wildman–Crippen LogP) is 1.85. The quantitative estimate of drug-likeness (QED) is 0.233. The van der Waals surface area contributed by atoms with Gasteiger partial charge in [0.25, 0.3) is 0 Å². The van der Waals surface area contributed by atoms with Crippen LogP contribution in [0.4, 0.5) is 0 Å². The van der Waals surface area contributed by atoms with Crippen LogP contribution in [0.1, 0.15) is 25.2 Å². The van der Waals surface area contributed by atoms with Crippen LogP contribution in [0.25, 0.3) is 0 Å². The molecule has 0 unspecified atom stereocenters. The van der Waals surface area contributed by atoms with Gasteiger partial charge in [0.1, 0.15) is 0 Å². The fraction of sp³-hybridized carbons (Fsp3) is 0.222. The minimum Gasteiger partial charge on any atom is -0.741 e. The summed E-state index contributed by atoms with van der Waals surface area (Å²) in [6.07, 6.45) is 3.44. The van der Waals surface area contributed by atoms with Gasteiger partial charge in [-0.15, -0.1) is 0 Å². The van der Waals surface area contributed by atoms with E-state index < -0.39 is 0 Å². The molecule has 2 rings (SSSR count). The zero-order valence-electron chi connectivity index (χ0n) is 16.5. The van der Waals surface area contributed by atoms with Crippen LogP contribution in [0.15, 0.2) is 69.0 Å². The Morgan fingerprint density at radius 3 is 1.41 bits per heavy atom. The number of nitrogens with zero attached hydrogens (tertiary/aromatic N) is 6. The molecule has 0 fully saturated rings. The first-order chi connectivity index (χ1) is 13.5.